The SMILES string of the molecule is CC(Nc1cc(C(=NO)C(=O)c2ccc(F)cc2)ccn1)C(=O)OC(C)(C)C. The molecule has 8 heteroatoms. The molecule has 0 aliphatic heterocycles. The average Bonchev–Trinajstić information content (AvgIpc) is 2.61. The third-order valence-electron chi connectivity index (χ3n) is 3.58. The number of nitrogens with one attached hydrogen (secondary N) is 1. The summed E-state index contributed by atoms with van der Waals surface area (Å²) < 4.78 is 18.4. The summed E-state index contributed by atoms with van der Waals surface area (Å²) in [6.45, 7) is 6.91. The standard InChI is InChI=1S/C20H22FN3O4/c1-12(19(26)28-20(2,3)4)23-16-11-14(9-10-22-16)17(24-27)18(25)13-5-7-15(21)8-6-13/h5-12,27H,1-4H3,(H,22,23). The lowest BCUT2D eigenvalue weighted by atomic mass is 10.0. The molecule has 2 aromatic rings. The van der Waals surface area contributed by atoms with Gasteiger partial charge in [0, 0.05) is 17.3 Å². The average molecular weight is 387 g/mol. The number of halogens is 1. The number of benzene rings is 1. The Labute approximate surface area is 162 Å². The van der Waals surface area contributed by atoms with Crippen molar-refractivity contribution in [2.24, 2.45) is 5.16 Å². The van der Waals surface area contributed by atoms with Crippen LogP contribution in [0.4, 0.5) is 10.2 Å². The maximum absolute atomic E-state index is 13.1. The Morgan fingerprint density at radius 2 is 1.82 bits per heavy atom. The van der Waals surface area contributed by atoms with Crippen LogP contribution in [0.15, 0.2) is 47.8 Å². The summed E-state index contributed by atoms with van der Waals surface area (Å²) in [6.07, 6.45) is 1.41. The van der Waals surface area contributed by atoms with Crippen molar-refractivity contribution < 1.29 is 23.9 Å². The number of oxime groups is 1. The first-order chi connectivity index (χ1) is 13.1. The van der Waals surface area contributed by atoms with Crippen molar-refractivity contribution >= 4 is 23.3 Å². The highest BCUT2D eigenvalue weighted by Gasteiger charge is 2.23. The van der Waals surface area contributed by atoms with Gasteiger partial charge < -0.3 is 15.3 Å². The molecule has 0 saturated heterocycles. The largest absolute Gasteiger partial charge is 0.458 e. The Kier molecular flexibility index (Phi) is 6.45. The number of hydrogen-bond acceptors (Lipinski definition) is 7. The van der Waals surface area contributed by atoms with Crippen LogP contribution in [0.2, 0.25) is 0 Å². The van der Waals surface area contributed by atoms with Gasteiger partial charge in [0.15, 0.2) is 5.71 Å². The van der Waals surface area contributed by atoms with E-state index in [1.54, 1.807) is 27.7 Å². The van der Waals surface area contributed by atoms with E-state index in [9.17, 15) is 19.2 Å². The molecule has 7 nitrogen and oxygen atoms in total. The van der Waals surface area contributed by atoms with Gasteiger partial charge >= 0.3 is 5.97 Å². The van der Waals surface area contributed by atoms with E-state index in [-0.39, 0.29) is 16.8 Å². The van der Waals surface area contributed by atoms with Crippen molar-refractivity contribution in [3.63, 3.8) is 0 Å². The second-order valence-electron chi connectivity index (χ2n) is 7.11. The summed E-state index contributed by atoms with van der Waals surface area (Å²) in [5.74, 6) is -1.23. The summed E-state index contributed by atoms with van der Waals surface area (Å²) in [7, 11) is 0. The number of pyridine rings is 1. The van der Waals surface area contributed by atoms with Gasteiger partial charge in [-0.25, -0.2) is 14.2 Å². The first-order valence-electron chi connectivity index (χ1n) is 8.59. The van der Waals surface area contributed by atoms with Crippen molar-refractivity contribution in [1.29, 1.82) is 0 Å². The summed E-state index contributed by atoms with van der Waals surface area (Å²) in [5.41, 5.74) is -0.407. The Bertz CT molecular complexity index is 889. The van der Waals surface area contributed by atoms with Gasteiger partial charge in [-0.15, -0.1) is 0 Å². The fraction of sp³-hybridized carbons (Fsp3) is 0.300. The van der Waals surface area contributed by atoms with Gasteiger partial charge in [0.05, 0.1) is 0 Å². The van der Waals surface area contributed by atoms with Crippen LogP contribution in [0.1, 0.15) is 43.6 Å². The Morgan fingerprint density at radius 1 is 1.18 bits per heavy atom. The molecule has 0 bridgehead atoms. The summed E-state index contributed by atoms with van der Waals surface area (Å²) >= 11 is 0. The molecule has 2 N–H and O–H groups in total. The summed E-state index contributed by atoms with van der Waals surface area (Å²) in [6, 6.07) is 7.15. The zero-order chi connectivity index (χ0) is 20.9. The topological polar surface area (TPSA) is 101 Å². The van der Waals surface area contributed by atoms with Crippen molar-refractivity contribution in [1.82, 2.24) is 4.98 Å². The first-order valence-corrected chi connectivity index (χ1v) is 8.59. The zero-order valence-electron chi connectivity index (χ0n) is 16.1. The number of ketones is 1. The van der Waals surface area contributed by atoms with E-state index < -0.39 is 29.2 Å². The highest BCUT2D eigenvalue weighted by Crippen LogP contribution is 2.15. The van der Waals surface area contributed by atoms with Crippen LogP contribution >= 0.6 is 0 Å². The molecule has 0 aliphatic carbocycles. The number of ether oxygens (including phenoxy) is 1. The molecule has 1 aromatic carbocycles. The number of anilines is 1. The quantitative estimate of drug-likeness (QED) is 0.259. The van der Waals surface area contributed by atoms with E-state index in [0.29, 0.717) is 5.82 Å². The van der Waals surface area contributed by atoms with Gasteiger partial charge in [-0.3, -0.25) is 4.79 Å². The molecular formula is C20H22FN3O4. The number of carbonyl (C=O) groups excluding carboxylic acids is 2. The molecule has 1 unspecified atom stereocenters. The number of hydrogen-bond donors (Lipinski definition) is 2. The highest BCUT2D eigenvalue weighted by atomic mass is 19.1. The van der Waals surface area contributed by atoms with E-state index in [4.69, 9.17) is 4.74 Å². The Hall–Kier alpha value is -3.29. The fourth-order valence-electron chi connectivity index (χ4n) is 2.30. The maximum atomic E-state index is 13.1. The van der Waals surface area contributed by atoms with E-state index >= 15 is 0 Å². The lowest BCUT2D eigenvalue weighted by molar-refractivity contribution is -0.155. The third kappa shape index (κ3) is 5.60. The first kappa shape index (κ1) is 21.0. The zero-order valence-corrected chi connectivity index (χ0v) is 16.1. The van der Waals surface area contributed by atoms with Gasteiger partial charge in [-0.1, -0.05) is 5.16 Å². The van der Waals surface area contributed by atoms with Crippen LogP contribution in [-0.4, -0.2) is 39.3 Å². The molecular weight excluding hydrogens is 365 g/mol. The smallest absolute Gasteiger partial charge is 0.328 e. The summed E-state index contributed by atoms with van der Waals surface area (Å²) in [4.78, 5) is 28.8. The monoisotopic (exact) mass is 387 g/mol. The predicted molar refractivity (Wildman–Crippen MR) is 102 cm³/mol. The van der Waals surface area contributed by atoms with E-state index in [1.807, 2.05) is 0 Å². The second kappa shape index (κ2) is 8.60. The van der Waals surface area contributed by atoms with Crippen LogP contribution < -0.4 is 5.32 Å². The van der Waals surface area contributed by atoms with Crippen LogP contribution in [0, 0.1) is 5.82 Å². The van der Waals surface area contributed by atoms with Crippen LogP contribution in [0.3, 0.4) is 0 Å². The normalized spacial score (nSPS) is 13.0. The van der Waals surface area contributed by atoms with E-state index in [1.165, 1.54) is 30.5 Å². The van der Waals surface area contributed by atoms with E-state index in [2.05, 4.69) is 15.5 Å². The highest BCUT2D eigenvalue weighted by molar-refractivity contribution is 6.51. The molecule has 0 fully saturated rings. The van der Waals surface area contributed by atoms with Crippen molar-refractivity contribution in [2.75, 3.05) is 5.32 Å². The van der Waals surface area contributed by atoms with Gasteiger partial charge in [0.1, 0.15) is 23.3 Å². The Morgan fingerprint density at radius 3 is 2.39 bits per heavy atom. The van der Waals surface area contributed by atoms with E-state index in [0.717, 1.165) is 12.1 Å². The van der Waals surface area contributed by atoms with Crippen molar-refractivity contribution in [3.8, 4) is 0 Å². The Balaban J connectivity index is 2.20. The summed E-state index contributed by atoms with van der Waals surface area (Å²) in [5, 5.41) is 15.3. The molecule has 0 spiro atoms. The third-order valence-corrected chi connectivity index (χ3v) is 3.58. The number of esters is 1. The van der Waals surface area contributed by atoms with Gasteiger partial charge in [-0.05, 0) is 64.1 Å². The molecule has 0 aliphatic rings. The van der Waals surface area contributed by atoms with Gasteiger partial charge in [0.2, 0.25) is 5.78 Å². The van der Waals surface area contributed by atoms with Crippen LogP contribution in [0.5, 0.6) is 0 Å². The number of nitrogens with zero attached hydrogens (tertiary/aromatic N) is 2. The fourth-order valence-corrected chi connectivity index (χ4v) is 2.30. The lowest BCUT2D eigenvalue weighted by Crippen LogP contribution is -2.34. The van der Waals surface area contributed by atoms with Crippen molar-refractivity contribution in [3.05, 3.63) is 59.5 Å². The molecule has 1 atom stereocenters. The molecule has 0 saturated carbocycles. The number of rotatable bonds is 6. The van der Waals surface area contributed by atoms with Gasteiger partial charge in [-0.2, -0.15) is 0 Å². The molecule has 1 aromatic heterocycles. The minimum absolute atomic E-state index is 0.169. The van der Waals surface area contributed by atoms with Crippen molar-refractivity contribution in [2.45, 2.75) is 39.3 Å². The number of aromatic nitrogens is 1. The lowest BCUT2D eigenvalue weighted by Gasteiger charge is -2.23. The molecule has 0 radical (unpaired) electrons. The minimum atomic E-state index is -0.690. The molecule has 0 amide bonds. The second-order valence-corrected chi connectivity index (χ2v) is 7.11. The van der Waals surface area contributed by atoms with Gasteiger partial charge in [0.25, 0.3) is 0 Å². The molecule has 148 valence electrons. The predicted octanol–water partition coefficient (Wildman–Crippen LogP) is 3.42. The minimum Gasteiger partial charge on any atom is -0.458 e. The van der Waals surface area contributed by atoms with Crippen LogP contribution in [0.25, 0.3) is 0 Å². The number of carbonyl (C=O) groups is 2. The molecule has 1 heterocycles. The molecule has 2 rings (SSSR count). The number of Topliss-reactive ketones (excluding diaryl/α,β-unsaturated/α-hetero) is 1. The molecule has 28 heavy (non-hydrogen) atoms. The maximum Gasteiger partial charge on any atom is 0.328 e. The van der Waals surface area contributed by atoms with Crippen LogP contribution in [-0.2, 0) is 9.53 Å².